The molecule has 0 rings (SSSR count). The Labute approximate surface area is 56.7 Å². The third kappa shape index (κ3) is 7.88. The molecule has 0 aromatic heterocycles. The molecule has 0 aliphatic rings. The Morgan fingerprint density at radius 2 is 1.44 bits per heavy atom. The number of hydroxylamine groups is 2. The SMILES string of the molecule is CCCNONCCC. The Morgan fingerprint density at radius 3 is 1.78 bits per heavy atom. The molecule has 0 bridgehead atoms. The fourth-order valence-corrected chi connectivity index (χ4v) is 0.357. The summed E-state index contributed by atoms with van der Waals surface area (Å²) < 4.78 is 0. The zero-order valence-electron chi connectivity index (χ0n) is 6.24. The van der Waals surface area contributed by atoms with Gasteiger partial charge in [0, 0.05) is 13.1 Å². The predicted molar refractivity (Wildman–Crippen MR) is 37.7 cm³/mol. The van der Waals surface area contributed by atoms with Crippen molar-refractivity contribution in [3.05, 3.63) is 0 Å². The summed E-state index contributed by atoms with van der Waals surface area (Å²) in [6.45, 7) is 5.99. The first-order chi connectivity index (χ1) is 4.41. The Bertz CT molecular complexity index is 44.3. The summed E-state index contributed by atoms with van der Waals surface area (Å²) in [7, 11) is 0. The molecule has 2 N–H and O–H groups in total. The van der Waals surface area contributed by atoms with Gasteiger partial charge in [-0.3, -0.25) is 0 Å². The van der Waals surface area contributed by atoms with Crippen LogP contribution in [0, 0.1) is 0 Å². The topological polar surface area (TPSA) is 33.3 Å². The first-order valence-corrected chi connectivity index (χ1v) is 3.53. The van der Waals surface area contributed by atoms with E-state index in [9.17, 15) is 0 Å². The maximum Gasteiger partial charge on any atom is 0.0226 e. The van der Waals surface area contributed by atoms with E-state index in [1.807, 2.05) is 0 Å². The van der Waals surface area contributed by atoms with Crippen molar-refractivity contribution in [2.45, 2.75) is 26.7 Å². The Kier molecular flexibility index (Phi) is 7.77. The van der Waals surface area contributed by atoms with Crippen LogP contribution in [0.4, 0.5) is 0 Å². The Balaban J connectivity index is 2.60. The molecule has 3 heteroatoms. The highest BCUT2D eigenvalue weighted by molar-refractivity contribution is 4.27. The smallest absolute Gasteiger partial charge is 0.0226 e. The molecule has 0 aromatic rings. The average molecular weight is 132 g/mol. The van der Waals surface area contributed by atoms with Crippen LogP contribution in [0.15, 0.2) is 0 Å². The standard InChI is InChI=1S/C6H16N2O/c1-3-5-7-9-8-6-4-2/h7-8H,3-6H2,1-2H3. The van der Waals surface area contributed by atoms with E-state index in [1.165, 1.54) is 0 Å². The van der Waals surface area contributed by atoms with Crippen molar-refractivity contribution >= 4 is 0 Å². The molecular weight excluding hydrogens is 116 g/mol. The summed E-state index contributed by atoms with van der Waals surface area (Å²) in [5, 5.41) is 0. The van der Waals surface area contributed by atoms with E-state index >= 15 is 0 Å². The number of rotatable bonds is 6. The monoisotopic (exact) mass is 132 g/mol. The lowest BCUT2D eigenvalue weighted by Gasteiger charge is -2.02. The summed E-state index contributed by atoms with van der Waals surface area (Å²) in [5.74, 6) is 0. The lowest BCUT2D eigenvalue weighted by Crippen LogP contribution is -2.26. The number of nitrogens with one attached hydrogen (secondary N) is 2. The van der Waals surface area contributed by atoms with Gasteiger partial charge in [-0.05, 0) is 12.8 Å². The van der Waals surface area contributed by atoms with E-state index < -0.39 is 0 Å². The highest BCUT2D eigenvalue weighted by atomic mass is 16.8. The normalized spacial score (nSPS) is 10.0. The van der Waals surface area contributed by atoms with E-state index in [0.717, 1.165) is 25.9 Å². The van der Waals surface area contributed by atoms with Gasteiger partial charge in [0.1, 0.15) is 0 Å². The minimum Gasteiger partial charge on any atom is -0.214 e. The zero-order valence-corrected chi connectivity index (χ0v) is 6.24. The summed E-state index contributed by atoms with van der Waals surface area (Å²) in [5.41, 5.74) is 5.52. The van der Waals surface area contributed by atoms with Crippen LogP contribution in [-0.4, -0.2) is 13.1 Å². The van der Waals surface area contributed by atoms with Crippen molar-refractivity contribution in [1.29, 1.82) is 0 Å². The van der Waals surface area contributed by atoms with Crippen LogP contribution >= 0.6 is 0 Å². The highest BCUT2D eigenvalue weighted by Crippen LogP contribution is 1.70. The molecule has 0 atom stereocenters. The summed E-state index contributed by atoms with van der Waals surface area (Å²) in [4.78, 5) is 4.81. The van der Waals surface area contributed by atoms with E-state index in [-0.39, 0.29) is 0 Å². The molecule has 9 heavy (non-hydrogen) atoms. The van der Waals surface area contributed by atoms with Gasteiger partial charge in [-0.15, -0.1) is 0 Å². The van der Waals surface area contributed by atoms with Crippen molar-refractivity contribution in [1.82, 2.24) is 11.0 Å². The number of hydrogen-bond acceptors (Lipinski definition) is 3. The molecule has 0 spiro atoms. The average Bonchev–Trinajstić information content (AvgIpc) is 1.89. The molecule has 0 aromatic carbocycles. The first kappa shape index (κ1) is 8.88. The minimum atomic E-state index is 0.900. The van der Waals surface area contributed by atoms with Gasteiger partial charge >= 0.3 is 0 Å². The summed E-state index contributed by atoms with van der Waals surface area (Å²) >= 11 is 0. The predicted octanol–water partition coefficient (Wildman–Crippen LogP) is 0.832. The second-order valence-corrected chi connectivity index (χ2v) is 1.89. The zero-order chi connectivity index (χ0) is 6.95. The van der Waals surface area contributed by atoms with Crippen LogP contribution in [0.2, 0.25) is 0 Å². The van der Waals surface area contributed by atoms with E-state index in [0.29, 0.717) is 0 Å². The Hall–Kier alpha value is -0.120. The lowest BCUT2D eigenvalue weighted by molar-refractivity contribution is -0.0373. The van der Waals surface area contributed by atoms with Crippen LogP contribution in [0.5, 0.6) is 0 Å². The third-order valence-electron chi connectivity index (χ3n) is 0.848. The second kappa shape index (κ2) is 7.88. The molecule has 0 radical (unpaired) electrons. The van der Waals surface area contributed by atoms with Crippen LogP contribution in [0.25, 0.3) is 0 Å². The van der Waals surface area contributed by atoms with Gasteiger partial charge in [0.2, 0.25) is 0 Å². The maximum absolute atomic E-state index is 4.81. The third-order valence-corrected chi connectivity index (χ3v) is 0.848. The van der Waals surface area contributed by atoms with Gasteiger partial charge in [0.15, 0.2) is 0 Å². The molecule has 0 unspecified atom stereocenters. The van der Waals surface area contributed by atoms with Crippen molar-refractivity contribution in [2.75, 3.05) is 13.1 Å². The lowest BCUT2D eigenvalue weighted by atomic mass is 10.5. The Morgan fingerprint density at radius 1 is 1.00 bits per heavy atom. The van der Waals surface area contributed by atoms with Crippen LogP contribution in [0.1, 0.15) is 26.7 Å². The fraction of sp³-hybridized carbons (Fsp3) is 1.00. The molecule has 3 nitrogen and oxygen atoms in total. The van der Waals surface area contributed by atoms with Gasteiger partial charge < -0.3 is 0 Å². The largest absolute Gasteiger partial charge is 0.214 e. The molecule has 56 valence electrons. The minimum absolute atomic E-state index is 0.900. The summed E-state index contributed by atoms with van der Waals surface area (Å²) in [6.07, 6.45) is 2.18. The van der Waals surface area contributed by atoms with Gasteiger partial charge in [0.25, 0.3) is 0 Å². The molecule has 0 heterocycles. The van der Waals surface area contributed by atoms with Gasteiger partial charge in [-0.1, -0.05) is 13.8 Å². The quantitative estimate of drug-likeness (QED) is 0.415. The van der Waals surface area contributed by atoms with Crippen molar-refractivity contribution < 1.29 is 4.94 Å². The van der Waals surface area contributed by atoms with Gasteiger partial charge in [-0.25, -0.2) is 4.94 Å². The molecule has 0 fully saturated rings. The highest BCUT2D eigenvalue weighted by Gasteiger charge is 1.81. The molecule has 0 aliphatic carbocycles. The maximum atomic E-state index is 4.81. The molecule has 0 amide bonds. The van der Waals surface area contributed by atoms with E-state index in [4.69, 9.17) is 4.94 Å². The van der Waals surface area contributed by atoms with E-state index in [1.54, 1.807) is 0 Å². The van der Waals surface area contributed by atoms with Crippen molar-refractivity contribution in [2.24, 2.45) is 0 Å². The molecule has 0 saturated carbocycles. The second-order valence-electron chi connectivity index (χ2n) is 1.89. The molecule has 0 aliphatic heterocycles. The van der Waals surface area contributed by atoms with Crippen molar-refractivity contribution in [3.63, 3.8) is 0 Å². The van der Waals surface area contributed by atoms with Crippen molar-refractivity contribution in [3.8, 4) is 0 Å². The van der Waals surface area contributed by atoms with Gasteiger partial charge in [0.05, 0.1) is 0 Å². The first-order valence-electron chi connectivity index (χ1n) is 3.53. The van der Waals surface area contributed by atoms with Crippen LogP contribution in [-0.2, 0) is 4.94 Å². The van der Waals surface area contributed by atoms with E-state index in [2.05, 4.69) is 24.8 Å². The van der Waals surface area contributed by atoms with Crippen LogP contribution < -0.4 is 11.0 Å². The van der Waals surface area contributed by atoms with Crippen LogP contribution in [0.3, 0.4) is 0 Å². The number of hydrogen-bond donors (Lipinski definition) is 2. The fourth-order valence-electron chi connectivity index (χ4n) is 0.357. The molecular formula is C6H16N2O. The summed E-state index contributed by atoms with van der Waals surface area (Å²) in [6, 6.07) is 0. The molecule has 0 saturated heterocycles. The van der Waals surface area contributed by atoms with Gasteiger partial charge in [-0.2, -0.15) is 11.0 Å².